The number of aliphatic hydroxyl groups is 1. The molecule has 1 saturated heterocycles. The molecule has 1 amide bonds. The fraction of sp³-hybridized carbons (Fsp3) is 0.450. The molecule has 1 fully saturated rings. The molecule has 1 aromatic carbocycles. The largest absolute Gasteiger partial charge is 0.481 e. The molecule has 28 heavy (non-hydrogen) atoms. The van der Waals surface area contributed by atoms with Crippen molar-refractivity contribution in [1.29, 1.82) is 0 Å². The molecule has 2 atom stereocenters. The van der Waals surface area contributed by atoms with E-state index in [0.29, 0.717) is 23.5 Å². The van der Waals surface area contributed by atoms with Gasteiger partial charge in [0.05, 0.1) is 11.8 Å². The number of halogens is 1. The van der Waals surface area contributed by atoms with Crippen molar-refractivity contribution >= 4 is 11.9 Å². The second-order valence-electron chi connectivity index (χ2n) is 7.29. The van der Waals surface area contributed by atoms with E-state index in [4.69, 9.17) is 0 Å². The monoisotopic (exact) mass is 389 g/mol. The summed E-state index contributed by atoms with van der Waals surface area (Å²) in [6.45, 7) is 4.25. The van der Waals surface area contributed by atoms with E-state index in [1.807, 2.05) is 6.92 Å². The van der Waals surface area contributed by atoms with E-state index in [9.17, 15) is 24.2 Å². The van der Waals surface area contributed by atoms with Gasteiger partial charge in [0.1, 0.15) is 16.9 Å². The Morgan fingerprint density at radius 2 is 2.11 bits per heavy atom. The van der Waals surface area contributed by atoms with E-state index in [1.165, 1.54) is 23.1 Å². The maximum Gasteiger partial charge on any atom is 0.314 e. The number of carbonyl (C=O) groups is 2. The zero-order valence-electron chi connectivity index (χ0n) is 15.9. The molecule has 0 radical (unpaired) electrons. The van der Waals surface area contributed by atoms with Gasteiger partial charge in [0.2, 0.25) is 0 Å². The van der Waals surface area contributed by atoms with Gasteiger partial charge in [-0.25, -0.2) is 4.39 Å². The van der Waals surface area contributed by atoms with Crippen LogP contribution < -0.4 is 0 Å². The fourth-order valence-electron chi connectivity index (χ4n) is 3.84. The Labute approximate surface area is 162 Å². The molecule has 1 aliphatic rings. The molecule has 1 aromatic heterocycles. The Morgan fingerprint density at radius 3 is 2.75 bits per heavy atom. The molecule has 1 aliphatic heterocycles. The highest BCUT2D eigenvalue weighted by Gasteiger charge is 2.50. The van der Waals surface area contributed by atoms with Gasteiger partial charge >= 0.3 is 5.97 Å². The Balaban J connectivity index is 1.92. The van der Waals surface area contributed by atoms with Gasteiger partial charge in [-0.2, -0.15) is 5.10 Å². The highest BCUT2D eigenvalue weighted by molar-refractivity contribution is 5.93. The van der Waals surface area contributed by atoms with Crippen molar-refractivity contribution in [3.63, 3.8) is 0 Å². The van der Waals surface area contributed by atoms with Crippen LogP contribution in [0.5, 0.6) is 0 Å². The number of amides is 1. The number of aliphatic hydroxyl groups excluding tert-OH is 1. The summed E-state index contributed by atoms with van der Waals surface area (Å²) in [4.78, 5) is 26.7. The van der Waals surface area contributed by atoms with E-state index in [2.05, 4.69) is 5.10 Å². The van der Waals surface area contributed by atoms with E-state index >= 15 is 0 Å². The molecule has 0 aliphatic carbocycles. The zero-order valence-corrected chi connectivity index (χ0v) is 15.9. The average molecular weight is 389 g/mol. The van der Waals surface area contributed by atoms with Gasteiger partial charge in [-0.1, -0.05) is 12.1 Å². The van der Waals surface area contributed by atoms with Gasteiger partial charge in [-0.05, 0) is 50.5 Å². The van der Waals surface area contributed by atoms with Crippen LogP contribution in [-0.4, -0.2) is 56.0 Å². The summed E-state index contributed by atoms with van der Waals surface area (Å²) < 4.78 is 15.2. The van der Waals surface area contributed by atoms with Crippen LogP contribution in [-0.2, 0) is 17.8 Å². The number of aliphatic carboxylic acids is 1. The van der Waals surface area contributed by atoms with Gasteiger partial charge in [0, 0.05) is 19.6 Å². The predicted octanol–water partition coefficient (Wildman–Crippen LogP) is 1.87. The third kappa shape index (κ3) is 3.64. The van der Waals surface area contributed by atoms with Crippen molar-refractivity contribution < 1.29 is 24.2 Å². The van der Waals surface area contributed by atoms with Crippen LogP contribution in [0.4, 0.5) is 4.39 Å². The molecule has 2 aromatic rings. The summed E-state index contributed by atoms with van der Waals surface area (Å²) in [5.74, 6) is -2.00. The van der Waals surface area contributed by atoms with Gasteiger partial charge in [0.15, 0.2) is 0 Å². The van der Waals surface area contributed by atoms with Crippen molar-refractivity contribution in [2.75, 3.05) is 13.1 Å². The lowest BCUT2D eigenvalue weighted by atomic mass is 9.72. The second kappa shape index (κ2) is 7.71. The summed E-state index contributed by atoms with van der Waals surface area (Å²) in [7, 11) is 0. The van der Waals surface area contributed by atoms with E-state index in [0.717, 1.165) is 0 Å². The third-order valence-electron chi connectivity index (χ3n) is 5.33. The molecular formula is C20H24FN3O4. The first-order chi connectivity index (χ1) is 13.3. The molecule has 7 nitrogen and oxygen atoms in total. The number of piperidine rings is 1. The van der Waals surface area contributed by atoms with Crippen molar-refractivity contribution in [2.45, 2.75) is 39.3 Å². The Bertz CT molecular complexity index is 897. The molecule has 0 unspecified atom stereocenters. The van der Waals surface area contributed by atoms with Crippen LogP contribution in [0.2, 0.25) is 0 Å². The Morgan fingerprint density at radius 1 is 1.36 bits per heavy atom. The molecule has 0 spiro atoms. The quantitative estimate of drug-likeness (QED) is 0.814. The molecule has 0 saturated carbocycles. The summed E-state index contributed by atoms with van der Waals surface area (Å²) in [6, 6.07) is 7.33. The highest BCUT2D eigenvalue weighted by atomic mass is 19.1. The van der Waals surface area contributed by atoms with E-state index in [-0.39, 0.29) is 31.8 Å². The summed E-state index contributed by atoms with van der Waals surface area (Å²) >= 11 is 0. The Hall–Kier alpha value is -2.74. The van der Waals surface area contributed by atoms with Gasteiger partial charge in [0.25, 0.3) is 5.91 Å². The van der Waals surface area contributed by atoms with Gasteiger partial charge < -0.3 is 15.1 Å². The predicted molar refractivity (Wildman–Crippen MR) is 99.3 cm³/mol. The van der Waals surface area contributed by atoms with E-state index in [1.54, 1.807) is 23.7 Å². The maximum absolute atomic E-state index is 13.6. The molecule has 0 bridgehead atoms. The second-order valence-corrected chi connectivity index (χ2v) is 7.29. The minimum absolute atomic E-state index is 0.0723. The molecule has 3 rings (SSSR count). The van der Waals surface area contributed by atoms with Crippen LogP contribution in [0.15, 0.2) is 30.3 Å². The highest BCUT2D eigenvalue weighted by Crippen LogP contribution is 2.35. The van der Waals surface area contributed by atoms with Crippen LogP contribution in [0.3, 0.4) is 0 Å². The number of likely N-dealkylation sites (tertiary alicyclic amines) is 1. The maximum atomic E-state index is 13.6. The molecule has 2 heterocycles. The number of carboxylic acid groups (broad SMARTS) is 1. The number of aromatic nitrogens is 2. The summed E-state index contributed by atoms with van der Waals surface area (Å²) in [6.07, 6.45) is -1.08. The van der Waals surface area contributed by atoms with Crippen molar-refractivity contribution in [1.82, 2.24) is 14.7 Å². The third-order valence-corrected chi connectivity index (χ3v) is 5.33. The first-order valence-electron chi connectivity index (χ1n) is 9.26. The fourth-order valence-corrected chi connectivity index (χ4v) is 3.84. The number of hydrogen-bond donors (Lipinski definition) is 2. The number of nitrogens with zero attached hydrogens (tertiary/aromatic N) is 3. The van der Waals surface area contributed by atoms with Gasteiger partial charge in [-0.3, -0.25) is 14.3 Å². The van der Waals surface area contributed by atoms with E-state index < -0.39 is 23.3 Å². The van der Waals surface area contributed by atoms with Crippen LogP contribution >= 0.6 is 0 Å². The molecule has 2 N–H and O–H groups in total. The van der Waals surface area contributed by atoms with Crippen molar-refractivity contribution in [2.24, 2.45) is 5.41 Å². The molecule has 8 heteroatoms. The summed E-state index contributed by atoms with van der Waals surface area (Å²) in [5.41, 5.74) is -0.0495. The number of benzene rings is 1. The molecular weight excluding hydrogens is 365 g/mol. The van der Waals surface area contributed by atoms with Crippen LogP contribution in [0.1, 0.15) is 35.1 Å². The Kier molecular flexibility index (Phi) is 5.51. The number of carbonyl (C=O) groups excluding carboxylic acids is 1. The first kappa shape index (κ1) is 20.0. The minimum Gasteiger partial charge on any atom is -0.481 e. The zero-order chi connectivity index (χ0) is 20.5. The van der Waals surface area contributed by atoms with Gasteiger partial charge in [-0.15, -0.1) is 0 Å². The topological polar surface area (TPSA) is 95.7 Å². The average Bonchev–Trinajstić information content (AvgIpc) is 3.03. The normalized spacial score (nSPS) is 22.3. The minimum atomic E-state index is -1.60. The lowest BCUT2D eigenvalue weighted by molar-refractivity contribution is -0.161. The van der Waals surface area contributed by atoms with Crippen molar-refractivity contribution in [3.05, 3.63) is 53.1 Å². The number of carboxylic acids is 1. The van der Waals surface area contributed by atoms with Crippen LogP contribution in [0.25, 0.3) is 0 Å². The SMILES string of the molecule is CCn1nc(C)cc1C(=O)N1CC[C@H](O)[C@](Cc2cccc(F)c2)(C(=O)O)C1. The standard InChI is InChI=1S/C20H24FN3O4/c1-3-24-16(9-13(2)22-24)18(26)23-8-7-17(25)20(12-23,19(27)28)11-14-5-4-6-15(21)10-14/h4-6,9-10,17,25H,3,7-8,11-12H2,1-2H3,(H,27,28)/t17-,20+/m0/s1. The number of hydrogen-bond acceptors (Lipinski definition) is 4. The first-order valence-corrected chi connectivity index (χ1v) is 9.26. The lowest BCUT2D eigenvalue weighted by Crippen LogP contribution is -2.58. The smallest absolute Gasteiger partial charge is 0.314 e. The molecule has 150 valence electrons. The number of aryl methyl sites for hydroxylation is 2. The lowest BCUT2D eigenvalue weighted by Gasteiger charge is -2.43. The summed E-state index contributed by atoms with van der Waals surface area (Å²) in [5, 5.41) is 24.8. The van der Waals surface area contributed by atoms with Crippen LogP contribution in [0, 0.1) is 18.2 Å². The van der Waals surface area contributed by atoms with Crippen molar-refractivity contribution in [3.8, 4) is 0 Å². The number of rotatable bonds is 5.